The summed E-state index contributed by atoms with van der Waals surface area (Å²) in [5.41, 5.74) is 0.0862. The van der Waals surface area contributed by atoms with E-state index in [2.05, 4.69) is 5.32 Å². The first-order valence-corrected chi connectivity index (χ1v) is 6.22. The lowest BCUT2D eigenvalue weighted by Crippen LogP contribution is -2.27. The summed E-state index contributed by atoms with van der Waals surface area (Å²) in [5.74, 6) is -1.28. The summed E-state index contributed by atoms with van der Waals surface area (Å²) in [6.45, 7) is 1.62. The van der Waals surface area contributed by atoms with Gasteiger partial charge in [0.25, 0.3) is 0 Å². The van der Waals surface area contributed by atoms with Crippen LogP contribution in [0.3, 0.4) is 0 Å². The van der Waals surface area contributed by atoms with Gasteiger partial charge in [-0.05, 0) is 12.5 Å². The fourth-order valence-corrected chi connectivity index (χ4v) is 2.29. The zero-order chi connectivity index (χ0) is 13.7. The van der Waals surface area contributed by atoms with Crippen molar-refractivity contribution in [1.29, 1.82) is 0 Å². The standard InChI is InChI=1S/C11H15NO5S/c1-6(13)12-3-2-8(14)10(15)9-4-7(5-18-9)11(16)17/h4-5,8,10,14-15H,2-3H2,1H3,(H,12,13)(H,16,17). The lowest BCUT2D eigenvalue weighted by molar-refractivity contribution is -0.119. The Morgan fingerprint density at radius 1 is 1.44 bits per heavy atom. The molecular weight excluding hydrogens is 258 g/mol. The summed E-state index contributed by atoms with van der Waals surface area (Å²) in [5, 5.41) is 32.1. The van der Waals surface area contributed by atoms with E-state index in [0.29, 0.717) is 4.88 Å². The molecule has 1 amide bonds. The molecule has 1 rings (SSSR count). The first-order valence-electron chi connectivity index (χ1n) is 5.34. The van der Waals surface area contributed by atoms with Crippen LogP contribution in [0, 0.1) is 0 Å². The van der Waals surface area contributed by atoms with Crippen molar-refractivity contribution in [3.63, 3.8) is 0 Å². The number of carbonyl (C=O) groups excluding carboxylic acids is 1. The van der Waals surface area contributed by atoms with E-state index in [4.69, 9.17) is 5.11 Å². The summed E-state index contributed by atoms with van der Waals surface area (Å²) >= 11 is 1.08. The van der Waals surface area contributed by atoms with Crippen molar-refractivity contribution in [2.75, 3.05) is 6.54 Å². The second-order valence-corrected chi connectivity index (χ2v) is 4.77. The van der Waals surface area contributed by atoms with Gasteiger partial charge in [0.2, 0.25) is 5.91 Å². The Balaban J connectivity index is 2.53. The number of rotatable bonds is 6. The fourth-order valence-electron chi connectivity index (χ4n) is 1.36. The van der Waals surface area contributed by atoms with Gasteiger partial charge in [-0.25, -0.2) is 4.79 Å². The molecule has 6 nitrogen and oxygen atoms in total. The zero-order valence-electron chi connectivity index (χ0n) is 9.79. The molecule has 0 fully saturated rings. The highest BCUT2D eigenvalue weighted by Gasteiger charge is 2.21. The molecule has 0 bridgehead atoms. The number of aromatic carboxylic acids is 1. The third-order valence-corrected chi connectivity index (χ3v) is 3.34. The van der Waals surface area contributed by atoms with E-state index in [1.165, 1.54) is 18.4 Å². The van der Waals surface area contributed by atoms with Crippen LogP contribution < -0.4 is 5.32 Å². The smallest absolute Gasteiger partial charge is 0.336 e. The van der Waals surface area contributed by atoms with Crippen molar-refractivity contribution >= 4 is 23.2 Å². The van der Waals surface area contributed by atoms with Gasteiger partial charge in [-0.3, -0.25) is 4.79 Å². The van der Waals surface area contributed by atoms with Crippen LogP contribution in [0.5, 0.6) is 0 Å². The minimum atomic E-state index is -1.14. The van der Waals surface area contributed by atoms with Crippen LogP contribution in [0.15, 0.2) is 11.4 Å². The molecule has 1 aromatic heterocycles. The van der Waals surface area contributed by atoms with Gasteiger partial charge >= 0.3 is 5.97 Å². The van der Waals surface area contributed by atoms with E-state index in [-0.39, 0.29) is 24.4 Å². The number of carboxylic acids is 1. The second kappa shape index (κ2) is 6.48. The number of aliphatic hydroxyl groups is 2. The van der Waals surface area contributed by atoms with Gasteiger partial charge < -0.3 is 20.6 Å². The van der Waals surface area contributed by atoms with Gasteiger partial charge in [0.1, 0.15) is 6.10 Å². The first-order chi connectivity index (χ1) is 8.41. The van der Waals surface area contributed by atoms with Crippen LogP contribution >= 0.6 is 11.3 Å². The quantitative estimate of drug-likeness (QED) is 0.599. The molecule has 7 heteroatoms. The maximum absolute atomic E-state index is 10.7. The SMILES string of the molecule is CC(=O)NCCC(O)C(O)c1cc(C(=O)O)cs1. The second-order valence-electron chi connectivity index (χ2n) is 3.83. The summed E-state index contributed by atoms with van der Waals surface area (Å²) < 4.78 is 0. The van der Waals surface area contributed by atoms with Crippen molar-refractivity contribution < 1.29 is 24.9 Å². The first kappa shape index (κ1) is 14.6. The van der Waals surface area contributed by atoms with Crippen LogP contribution in [0.4, 0.5) is 0 Å². The number of hydrogen-bond acceptors (Lipinski definition) is 5. The molecule has 0 aromatic carbocycles. The molecule has 100 valence electrons. The van der Waals surface area contributed by atoms with Gasteiger partial charge in [0.15, 0.2) is 0 Å². The molecule has 0 radical (unpaired) electrons. The molecule has 1 aromatic rings. The lowest BCUT2D eigenvalue weighted by atomic mass is 10.1. The lowest BCUT2D eigenvalue weighted by Gasteiger charge is -2.16. The minimum Gasteiger partial charge on any atom is -0.478 e. The molecule has 1 heterocycles. The predicted molar refractivity (Wildman–Crippen MR) is 65.5 cm³/mol. The molecule has 0 spiro atoms. The van der Waals surface area contributed by atoms with E-state index in [1.807, 2.05) is 0 Å². The van der Waals surface area contributed by atoms with Gasteiger partial charge in [-0.15, -0.1) is 11.3 Å². The molecule has 0 saturated carbocycles. The van der Waals surface area contributed by atoms with E-state index in [0.717, 1.165) is 11.3 Å². The minimum absolute atomic E-state index is 0.0862. The molecule has 18 heavy (non-hydrogen) atoms. The Hall–Kier alpha value is -1.44. The largest absolute Gasteiger partial charge is 0.478 e. The van der Waals surface area contributed by atoms with E-state index < -0.39 is 18.2 Å². The Morgan fingerprint density at radius 3 is 2.61 bits per heavy atom. The highest BCUT2D eigenvalue weighted by Crippen LogP contribution is 2.25. The Kier molecular flexibility index (Phi) is 5.26. The highest BCUT2D eigenvalue weighted by atomic mass is 32.1. The number of nitrogens with one attached hydrogen (secondary N) is 1. The van der Waals surface area contributed by atoms with Crippen LogP contribution in [-0.2, 0) is 4.79 Å². The topological polar surface area (TPSA) is 107 Å². The number of hydrogen-bond donors (Lipinski definition) is 4. The summed E-state index contributed by atoms with van der Waals surface area (Å²) in [6, 6.07) is 1.33. The number of thiophene rings is 1. The van der Waals surface area contributed by atoms with E-state index in [9.17, 15) is 19.8 Å². The Bertz CT molecular complexity index is 431. The Labute approximate surface area is 108 Å². The molecule has 0 aliphatic heterocycles. The van der Waals surface area contributed by atoms with Crippen LogP contribution in [0.2, 0.25) is 0 Å². The normalized spacial score (nSPS) is 13.9. The summed E-state index contributed by atoms with van der Waals surface area (Å²) in [6.07, 6.45) is -1.99. The van der Waals surface area contributed by atoms with E-state index in [1.54, 1.807) is 0 Å². The molecule has 4 N–H and O–H groups in total. The number of carbonyl (C=O) groups is 2. The van der Waals surface area contributed by atoms with E-state index >= 15 is 0 Å². The molecule has 0 aliphatic carbocycles. The average molecular weight is 273 g/mol. The van der Waals surface area contributed by atoms with Crippen LogP contribution in [0.1, 0.15) is 34.7 Å². The van der Waals surface area contributed by atoms with Crippen molar-refractivity contribution in [1.82, 2.24) is 5.32 Å². The predicted octanol–water partition coefficient (Wildman–Crippen LogP) is 0.367. The number of aliphatic hydroxyl groups excluding tert-OH is 2. The zero-order valence-corrected chi connectivity index (χ0v) is 10.6. The van der Waals surface area contributed by atoms with Crippen molar-refractivity contribution in [3.8, 4) is 0 Å². The van der Waals surface area contributed by atoms with Crippen molar-refractivity contribution in [2.24, 2.45) is 0 Å². The summed E-state index contributed by atoms with van der Waals surface area (Å²) in [7, 11) is 0. The van der Waals surface area contributed by atoms with Gasteiger partial charge in [-0.2, -0.15) is 0 Å². The molecule has 2 unspecified atom stereocenters. The highest BCUT2D eigenvalue weighted by molar-refractivity contribution is 7.10. The van der Waals surface area contributed by atoms with Gasteiger partial charge in [-0.1, -0.05) is 0 Å². The molecule has 2 atom stereocenters. The summed E-state index contributed by atoms with van der Waals surface area (Å²) in [4.78, 5) is 21.7. The maximum Gasteiger partial charge on any atom is 0.336 e. The third-order valence-electron chi connectivity index (χ3n) is 2.34. The molecule has 0 saturated heterocycles. The monoisotopic (exact) mass is 273 g/mol. The van der Waals surface area contributed by atoms with Gasteiger partial charge in [0, 0.05) is 23.7 Å². The van der Waals surface area contributed by atoms with Crippen molar-refractivity contribution in [2.45, 2.75) is 25.6 Å². The Morgan fingerprint density at radius 2 is 2.11 bits per heavy atom. The van der Waals surface area contributed by atoms with Crippen LogP contribution in [-0.4, -0.2) is 39.8 Å². The molecular formula is C11H15NO5S. The third kappa shape index (κ3) is 4.10. The number of carboxylic acid groups (broad SMARTS) is 1. The average Bonchev–Trinajstić information content (AvgIpc) is 2.76. The van der Waals surface area contributed by atoms with Crippen molar-refractivity contribution in [3.05, 3.63) is 21.9 Å². The molecule has 0 aliphatic rings. The van der Waals surface area contributed by atoms with Crippen LogP contribution in [0.25, 0.3) is 0 Å². The fraction of sp³-hybridized carbons (Fsp3) is 0.455. The maximum atomic E-state index is 10.7. The van der Waals surface area contributed by atoms with Gasteiger partial charge in [0.05, 0.1) is 11.7 Å². The number of amides is 1.